The third-order valence-electron chi connectivity index (χ3n) is 3.18. The molecule has 0 spiro atoms. The van der Waals surface area contributed by atoms with E-state index in [9.17, 15) is 14.7 Å². The van der Waals surface area contributed by atoms with E-state index in [4.69, 9.17) is 5.11 Å². The van der Waals surface area contributed by atoms with Crippen LogP contribution in [0.5, 0.6) is 0 Å². The van der Waals surface area contributed by atoms with E-state index in [0.717, 1.165) is 6.42 Å². The van der Waals surface area contributed by atoms with Gasteiger partial charge in [0.05, 0.1) is 6.10 Å². The Labute approximate surface area is 107 Å². The zero-order chi connectivity index (χ0) is 13.9. The molecule has 2 N–H and O–H groups in total. The average molecular weight is 258 g/mol. The van der Waals surface area contributed by atoms with Crippen molar-refractivity contribution in [3.05, 3.63) is 0 Å². The Hall–Kier alpha value is -1.30. The molecule has 18 heavy (non-hydrogen) atoms. The topological polar surface area (TPSA) is 81.1 Å². The molecule has 1 saturated heterocycles. The molecule has 6 nitrogen and oxygen atoms in total. The molecular weight excluding hydrogens is 236 g/mol. The minimum Gasteiger partial charge on any atom is -0.480 e. The number of rotatable bonds is 4. The average Bonchev–Trinajstić information content (AvgIpc) is 2.67. The lowest BCUT2D eigenvalue weighted by atomic mass is 10.1. The Morgan fingerprint density at radius 2 is 2.06 bits per heavy atom. The normalized spacial score (nSPS) is 23.5. The SMILES string of the molecule is CC(C)CCN(C)C(=O)N1CC(O)C[C@H]1C(=O)O. The van der Waals surface area contributed by atoms with Crippen molar-refractivity contribution in [1.29, 1.82) is 0 Å². The predicted molar refractivity (Wildman–Crippen MR) is 66.2 cm³/mol. The molecule has 0 aliphatic carbocycles. The minimum atomic E-state index is -1.06. The number of aliphatic hydroxyl groups is 1. The Kier molecular flexibility index (Phi) is 4.95. The van der Waals surface area contributed by atoms with Gasteiger partial charge in [-0.25, -0.2) is 9.59 Å². The van der Waals surface area contributed by atoms with Gasteiger partial charge in [-0.2, -0.15) is 0 Å². The number of carboxylic acid groups (broad SMARTS) is 1. The molecule has 1 aliphatic heterocycles. The molecule has 2 amide bonds. The Balaban J connectivity index is 2.61. The van der Waals surface area contributed by atoms with Crippen molar-refractivity contribution in [2.75, 3.05) is 20.1 Å². The first-order valence-corrected chi connectivity index (χ1v) is 6.25. The summed E-state index contributed by atoms with van der Waals surface area (Å²) in [5.41, 5.74) is 0. The third kappa shape index (κ3) is 3.60. The van der Waals surface area contributed by atoms with Crippen LogP contribution in [-0.4, -0.2) is 64.3 Å². The number of hydrogen-bond acceptors (Lipinski definition) is 3. The maximum absolute atomic E-state index is 12.1. The summed E-state index contributed by atoms with van der Waals surface area (Å²) in [4.78, 5) is 25.9. The van der Waals surface area contributed by atoms with Crippen molar-refractivity contribution >= 4 is 12.0 Å². The van der Waals surface area contributed by atoms with Gasteiger partial charge < -0.3 is 20.0 Å². The number of nitrogens with zero attached hydrogens (tertiary/aromatic N) is 2. The number of carbonyl (C=O) groups is 2. The molecule has 6 heteroatoms. The fourth-order valence-corrected chi connectivity index (χ4v) is 2.03. The van der Waals surface area contributed by atoms with Gasteiger partial charge in [-0.1, -0.05) is 13.8 Å². The van der Waals surface area contributed by atoms with Crippen LogP contribution in [0, 0.1) is 5.92 Å². The molecule has 0 radical (unpaired) electrons. The lowest BCUT2D eigenvalue weighted by molar-refractivity contribution is -0.141. The standard InChI is InChI=1S/C12H22N2O4/c1-8(2)4-5-13(3)12(18)14-7-9(15)6-10(14)11(16)17/h8-10,15H,4-7H2,1-3H3,(H,16,17)/t9?,10-/m0/s1. The summed E-state index contributed by atoms with van der Waals surface area (Å²) in [6, 6.07) is -1.23. The highest BCUT2D eigenvalue weighted by Crippen LogP contribution is 2.19. The minimum absolute atomic E-state index is 0.0990. The van der Waals surface area contributed by atoms with Crippen LogP contribution in [0.15, 0.2) is 0 Å². The largest absolute Gasteiger partial charge is 0.480 e. The predicted octanol–water partition coefficient (Wildman–Crippen LogP) is 0.604. The van der Waals surface area contributed by atoms with E-state index >= 15 is 0 Å². The Bertz CT molecular complexity index is 319. The second-order valence-electron chi connectivity index (χ2n) is 5.28. The monoisotopic (exact) mass is 258 g/mol. The van der Waals surface area contributed by atoms with Crippen molar-refractivity contribution in [1.82, 2.24) is 9.80 Å². The molecule has 0 aromatic heterocycles. The van der Waals surface area contributed by atoms with Crippen LogP contribution >= 0.6 is 0 Å². The summed E-state index contributed by atoms with van der Waals surface area (Å²) in [6.45, 7) is 4.83. The van der Waals surface area contributed by atoms with Crippen molar-refractivity contribution in [2.45, 2.75) is 38.8 Å². The van der Waals surface area contributed by atoms with E-state index in [2.05, 4.69) is 13.8 Å². The lowest BCUT2D eigenvalue weighted by Gasteiger charge is -2.27. The van der Waals surface area contributed by atoms with E-state index in [1.165, 1.54) is 9.80 Å². The fourth-order valence-electron chi connectivity index (χ4n) is 2.03. The van der Waals surface area contributed by atoms with Crippen molar-refractivity contribution in [3.8, 4) is 0 Å². The maximum atomic E-state index is 12.1. The highest BCUT2D eigenvalue weighted by Gasteiger charge is 2.39. The second-order valence-corrected chi connectivity index (χ2v) is 5.28. The highest BCUT2D eigenvalue weighted by atomic mass is 16.4. The number of β-amino-alcohol motifs (C(OH)–C–C–N with tert-alkyl or cyclic N) is 1. The molecule has 0 aromatic rings. The highest BCUT2D eigenvalue weighted by molar-refractivity contribution is 5.83. The molecule has 0 saturated carbocycles. The van der Waals surface area contributed by atoms with Crippen LogP contribution in [0.25, 0.3) is 0 Å². The first kappa shape index (κ1) is 14.8. The second kappa shape index (κ2) is 6.04. The molecule has 2 atom stereocenters. The molecule has 0 bridgehead atoms. The van der Waals surface area contributed by atoms with Gasteiger partial charge in [0.2, 0.25) is 0 Å². The number of carbonyl (C=O) groups excluding carboxylic acids is 1. The number of hydrogen-bond donors (Lipinski definition) is 2. The van der Waals surface area contributed by atoms with Crippen LogP contribution in [0.1, 0.15) is 26.7 Å². The van der Waals surface area contributed by atoms with E-state index < -0.39 is 18.1 Å². The van der Waals surface area contributed by atoms with Gasteiger partial charge in [0.15, 0.2) is 0 Å². The van der Waals surface area contributed by atoms with Gasteiger partial charge in [0.25, 0.3) is 0 Å². The van der Waals surface area contributed by atoms with Crippen LogP contribution in [0.2, 0.25) is 0 Å². The van der Waals surface area contributed by atoms with Crippen LogP contribution in [0.4, 0.5) is 4.79 Å². The molecule has 104 valence electrons. The Morgan fingerprint density at radius 1 is 1.44 bits per heavy atom. The summed E-state index contributed by atoms with van der Waals surface area (Å²) < 4.78 is 0. The number of likely N-dealkylation sites (tertiary alicyclic amines) is 1. The van der Waals surface area contributed by atoms with Gasteiger partial charge in [-0.15, -0.1) is 0 Å². The smallest absolute Gasteiger partial charge is 0.326 e. The zero-order valence-corrected chi connectivity index (χ0v) is 11.2. The van der Waals surface area contributed by atoms with E-state index in [0.29, 0.717) is 12.5 Å². The molecule has 1 fully saturated rings. The summed E-state index contributed by atoms with van der Waals surface area (Å²) in [6.07, 6.45) is 0.240. The molecule has 1 rings (SSSR count). The zero-order valence-electron chi connectivity index (χ0n) is 11.2. The fraction of sp³-hybridized carbons (Fsp3) is 0.833. The number of carboxylic acids is 1. The van der Waals surface area contributed by atoms with Crippen LogP contribution < -0.4 is 0 Å². The first-order valence-electron chi connectivity index (χ1n) is 6.25. The quantitative estimate of drug-likeness (QED) is 0.774. The van der Waals surface area contributed by atoms with Gasteiger partial charge in [0.1, 0.15) is 6.04 Å². The maximum Gasteiger partial charge on any atom is 0.326 e. The van der Waals surface area contributed by atoms with E-state index in [-0.39, 0.29) is 19.0 Å². The number of urea groups is 1. The number of aliphatic hydroxyl groups excluding tert-OH is 1. The van der Waals surface area contributed by atoms with Gasteiger partial charge in [-0.05, 0) is 12.3 Å². The van der Waals surface area contributed by atoms with E-state index in [1.807, 2.05) is 0 Å². The van der Waals surface area contributed by atoms with Crippen LogP contribution in [0.3, 0.4) is 0 Å². The van der Waals surface area contributed by atoms with Crippen molar-refractivity contribution < 1.29 is 19.8 Å². The van der Waals surface area contributed by atoms with Gasteiger partial charge in [-0.3, -0.25) is 0 Å². The molecular formula is C12H22N2O4. The van der Waals surface area contributed by atoms with Crippen molar-refractivity contribution in [3.63, 3.8) is 0 Å². The molecule has 1 heterocycles. The Morgan fingerprint density at radius 3 is 2.56 bits per heavy atom. The van der Waals surface area contributed by atoms with Crippen molar-refractivity contribution in [2.24, 2.45) is 5.92 Å². The third-order valence-corrected chi connectivity index (χ3v) is 3.18. The molecule has 1 unspecified atom stereocenters. The van der Waals surface area contributed by atoms with E-state index in [1.54, 1.807) is 7.05 Å². The van der Waals surface area contributed by atoms with Gasteiger partial charge >= 0.3 is 12.0 Å². The molecule has 1 aliphatic rings. The lowest BCUT2D eigenvalue weighted by Crippen LogP contribution is -2.47. The first-order chi connectivity index (χ1) is 8.32. The number of aliphatic carboxylic acids is 1. The summed E-state index contributed by atoms with van der Waals surface area (Å²) in [5.74, 6) is -0.572. The summed E-state index contributed by atoms with van der Waals surface area (Å²) >= 11 is 0. The summed E-state index contributed by atoms with van der Waals surface area (Å²) in [7, 11) is 1.66. The summed E-state index contributed by atoms with van der Waals surface area (Å²) in [5, 5.41) is 18.5. The molecule has 0 aromatic carbocycles. The van der Waals surface area contributed by atoms with Crippen LogP contribution in [-0.2, 0) is 4.79 Å². The number of amides is 2. The van der Waals surface area contributed by atoms with Gasteiger partial charge in [0, 0.05) is 26.6 Å².